The van der Waals surface area contributed by atoms with Gasteiger partial charge in [-0.05, 0) is 36.4 Å². The molecule has 5 rings (SSSR count). The number of nitrogens with zero attached hydrogens (tertiary/aromatic N) is 5. The van der Waals surface area contributed by atoms with Gasteiger partial charge < -0.3 is 9.80 Å². The molecule has 1 aliphatic heterocycles. The molecule has 3 aromatic rings. The monoisotopic (exact) mass is 453 g/mol. The van der Waals surface area contributed by atoms with Gasteiger partial charge in [0.25, 0.3) is 5.91 Å². The largest absolute Gasteiger partial charge is 0.338 e. The number of para-hydroxylation sites is 1. The fourth-order valence-electron chi connectivity index (χ4n) is 3.73. The zero-order chi connectivity index (χ0) is 21.2. The van der Waals surface area contributed by atoms with Gasteiger partial charge in [0.2, 0.25) is 5.91 Å². The lowest BCUT2D eigenvalue weighted by Crippen LogP contribution is -2.51. The molecule has 7 nitrogen and oxygen atoms in total. The quantitative estimate of drug-likeness (QED) is 0.536. The number of carbonyl (C=O) groups excluding carboxylic acids is 2. The number of hydrogen-bond acceptors (Lipinski definition) is 6. The molecule has 2 aromatic heterocycles. The van der Waals surface area contributed by atoms with Gasteiger partial charge in [-0.15, -0.1) is 21.5 Å². The van der Waals surface area contributed by atoms with Crippen LogP contribution in [0.1, 0.15) is 34.3 Å². The molecule has 3 heterocycles. The van der Waals surface area contributed by atoms with Crippen LogP contribution in [0.3, 0.4) is 0 Å². The Morgan fingerprint density at radius 1 is 0.968 bits per heavy atom. The van der Waals surface area contributed by atoms with Gasteiger partial charge in [-0.2, -0.15) is 0 Å². The van der Waals surface area contributed by atoms with Crippen LogP contribution in [-0.4, -0.2) is 68.3 Å². The summed E-state index contributed by atoms with van der Waals surface area (Å²) in [7, 11) is 0. The predicted molar refractivity (Wildman–Crippen MR) is 121 cm³/mol. The number of rotatable bonds is 6. The van der Waals surface area contributed by atoms with E-state index in [9.17, 15) is 9.59 Å². The van der Waals surface area contributed by atoms with Crippen molar-refractivity contribution in [2.75, 3.05) is 31.9 Å². The first kappa shape index (κ1) is 20.3. The molecule has 1 aliphatic carbocycles. The van der Waals surface area contributed by atoms with Crippen LogP contribution >= 0.6 is 23.1 Å². The SMILES string of the molecule is O=C(CSc1nnc(C2CC2)n1-c1ccccc1)N1CCN(C(=O)c2cccs2)CC1. The van der Waals surface area contributed by atoms with Crippen LogP contribution < -0.4 is 0 Å². The van der Waals surface area contributed by atoms with Crippen LogP contribution in [0.4, 0.5) is 0 Å². The van der Waals surface area contributed by atoms with E-state index in [-0.39, 0.29) is 11.8 Å². The standard InChI is InChI=1S/C22H23N5O2S2/c28-19(25-10-12-26(13-11-25)21(29)18-7-4-14-30-18)15-31-22-24-23-20(16-8-9-16)27(22)17-5-2-1-3-6-17/h1-7,14,16H,8-13,15H2. The van der Waals surface area contributed by atoms with Crippen LogP contribution in [0.2, 0.25) is 0 Å². The lowest BCUT2D eigenvalue weighted by molar-refractivity contribution is -0.129. The van der Waals surface area contributed by atoms with Crippen molar-refractivity contribution in [1.29, 1.82) is 0 Å². The van der Waals surface area contributed by atoms with E-state index < -0.39 is 0 Å². The second-order valence-electron chi connectivity index (χ2n) is 7.72. The fraction of sp³-hybridized carbons (Fsp3) is 0.364. The minimum atomic E-state index is 0.0556. The van der Waals surface area contributed by atoms with E-state index >= 15 is 0 Å². The molecule has 9 heteroatoms. The summed E-state index contributed by atoms with van der Waals surface area (Å²) in [5.74, 6) is 1.89. The average Bonchev–Trinajstić information content (AvgIpc) is 3.34. The Morgan fingerprint density at radius 3 is 2.39 bits per heavy atom. The zero-order valence-electron chi connectivity index (χ0n) is 17.0. The lowest BCUT2D eigenvalue weighted by atomic mass is 10.3. The molecule has 1 saturated carbocycles. The summed E-state index contributed by atoms with van der Waals surface area (Å²) in [6, 6.07) is 13.8. The number of piperazine rings is 1. The molecule has 2 amide bonds. The van der Waals surface area contributed by atoms with Crippen molar-refractivity contribution in [2.24, 2.45) is 0 Å². The third kappa shape index (κ3) is 4.38. The molecule has 1 saturated heterocycles. The maximum absolute atomic E-state index is 12.8. The number of carbonyl (C=O) groups is 2. The van der Waals surface area contributed by atoms with Gasteiger partial charge in [0.1, 0.15) is 5.82 Å². The molecule has 2 fully saturated rings. The smallest absolute Gasteiger partial charge is 0.264 e. The molecule has 0 unspecified atom stereocenters. The minimum Gasteiger partial charge on any atom is -0.338 e. The van der Waals surface area contributed by atoms with Gasteiger partial charge in [-0.1, -0.05) is 36.0 Å². The van der Waals surface area contributed by atoms with Crippen LogP contribution in [0.25, 0.3) is 5.69 Å². The van der Waals surface area contributed by atoms with E-state index in [1.165, 1.54) is 23.1 Å². The third-order valence-electron chi connectivity index (χ3n) is 5.59. The van der Waals surface area contributed by atoms with Crippen molar-refractivity contribution < 1.29 is 9.59 Å². The average molecular weight is 454 g/mol. The highest BCUT2D eigenvalue weighted by Crippen LogP contribution is 2.41. The summed E-state index contributed by atoms with van der Waals surface area (Å²) >= 11 is 2.89. The summed E-state index contributed by atoms with van der Waals surface area (Å²) in [4.78, 5) is 29.7. The van der Waals surface area contributed by atoms with Crippen LogP contribution in [-0.2, 0) is 4.79 Å². The summed E-state index contributed by atoms with van der Waals surface area (Å²) in [5, 5.41) is 11.5. The third-order valence-corrected chi connectivity index (χ3v) is 7.36. The van der Waals surface area contributed by atoms with Crippen molar-refractivity contribution in [3.8, 4) is 5.69 Å². The Bertz CT molecular complexity index is 1060. The number of aromatic nitrogens is 3. The van der Waals surface area contributed by atoms with Crippen molar-refractivity contribution in [2.45, 2.75) is 23.9 Å². The Labute approximate surface area is 189 Å². The maximum atomic E-state index is 12.8. The van der Waals surface area contributed by atoms with Crippen LogP contribution in [0.5, 0.6) is 0 Å². The summed E-state index contributed by atoms with van der Waals surface area (Å²) in [6.07, 6.45) is 2.28. The Hall–Kier alpha value is -2.65. The molecule has 0 radical (unpaired) electrons. The molecule has 2 aliphatic rings. The molecule has 0 spiro atoms. The van der Waals surface area contributed by atoms with Gasteiger partial charge in [0.05, 0.1) is 10.6 Å². The second kappa shape index (κ2) is 8.84. The molecule has 0 atom stereocenters. The maximum Gasteiger partial charge on any atom is 0.264 e. The minimum absolute atomic E-state index is 0.0556. The highest BCUT2D eigenvalue weighted by atomic mass is 32.2. The van der Waals surface area contributed by atoms with E-state index in [4.69, 9.17) is 0 Å². The van der Waals surface area contributed by atoms with Gasteiger partial charge in [-0.25, -0.2) is 0 Å². The molecule has 160 valence electrons. The van der Waals surface area contributed by atoms with Crippen LogP contribution in [0.15, 0.2) is 53.0 Å². The molecular formula is C22H23N5O2S2. The zero-order valence-corrected chi connectivity index (χ0v) is 18.6. The van der Waals surface area contributed by atoms with Crippen molar-refractivity contribution in [1.82, 2.24) is 24.6 Å². The van der Waals surface area contributed by atoms with Gasteiger partial charge >= 0.3 is 0 Å². The Morgan fingerprint density at radius 2 is 1.71 bits per heavy atom. The molecular weight excluding hydrogens is 430 g/mol. The molecule has 0 bridgehead atoms. The van der Waals surface area contributed by atoms with Gasteiger partial charge in [-0.3, -0.25) is 14.2 Å². The molecule has 1 aromatic carbocycles. The number of thiophene rings is 1. The van der Waals surface area contributed by atoms with Crippen molar-refractivity contribution >= 4 is 34.9 Å². The van der Waals surface area contributed by atoms with E-state index in [0.29, 0.717) is 37.8 Å². The predicted octanol–water partition coefficient (Wildman–Crippen LogP) is 3.28. The second-order valence-corrected chi connectivity index (χ2v) is 9.62. The van der Waals surface area contributed by atoms with Gasteiger partial charge in [0, 0.05) is 37.8 Å². The first-order chi connectivity index (χ1) is 15.2. The van der Waals surface area contributed by atoms with E-state index in [0.717, 1.165) is 34.4 Å². The fourth-order valence-corrected chi connectivity index (χ4v) is 5.29. The normalized spacial score (nSPS) is 16.5. The summed E-state index contributed by atoms with van der Waals surface area (Å²) in [6.45, 7) is 2.27. The highest BCUT2D eigenvalue weighted by molar-refractivity contribution is 7.99. The lowest BCUT2D eigenvalue weighted by Gasteiger charge is -2.34. The van der Waals surface area contributed by atoms with Crippen molar-refractivity contribution in [3.63, 3.8) is 0 Å². The summed E-state index contributed by atoms with van der Waals surface area (Å²) in [5.41, 5.74) is 1.03. The topological polar surface area (TPSA) is 71.3 Å². The Kier molecular flexibility index (Phi) is 5.78. The van der Waals surface area contributed by atoms with E-state index in [1.807, 2.05) is 57.6 Å². The first-order valence-corrected chi connectivity index (χ1v) is 12.3. The van der Waals surface area contributed by atoms with E-state index in [1.54, 1.807) is 0 Å². The number of amides is 2. The number of hydrogen-bond donors (Lipinski definition) is 0. The molecule has 31 heavy (non-hydrogen) atoms. The Balaban J connectivity index is 1.20. The van der Waals surface area contributed by atoms with Crippen molar-refractivity contribution in [3.05, 3.63) is 58.5 Å². The van der Waals surface area contributed by atoms with E-state index in [2.05, 4.69) is 14.8 Å². The van der Waals surface area contributed by atoms with Crippen LogP contribution in [0, 0.1) is 0 Å². The first-order valence-electron chi connectivity index (χ1n) is 10.4. The summed E-state index contributed by atoms with van der Waals surface area (Å²) < 4.78 is 2.09. The van der Waals surface area contributed by atoms with Gasteiger partial charge in [0.15, 0.2) is 5.16 Å². The number of thioether (sulfide) groups is 1. The highest BCUT2D eigenvalue weighted by Gasteiger charge is 2.31. The molecule has 0 N–H and O–H groups in total. The number of benzene rings is 1.